The van der Waals surface area contributed by atoms with Crippen molar-refractivity contribution in [3.63, 3.8) is 0 Å². The summed E-state index contributed by atoms with van der Waals surface area (Å²) in [6.45, 7) is 6.14. The summed E-state index contributed by atoms with van der Waals surface area (Å²) >= 11 is 0. The second-order valence-electron chi connectivity index (χ2n) is 6.93. The molecular weight excluding hydrogens is 288 g/mol. The van der Waals surface area contributed by atoms with Gasteiger partial charge < -0.3 is 15.0 Å². The molecule has 1 N–H and O–H groups in total. The van der Waals surface area contributed by atoms with E-state index in [-0.39, 0.29) is 11.9 Å². The molecule has 4 nitrogen and oxygen atoms in total. The van der Waals surface area contributed by atoms with Crippen molar-refractivity contribution in [2.75, 3.05) is 26.2 Å². The first-order valence-corrected chi connectivity index (χ1v) is 8.72. The molecule has 2 bridgehead atoms. The lowest BCUT2D eigenvalue weighted by Gasteiger charge is -2.30. The number of nitrogens with zero attached hydrogens (tertiary/aromatic N) is 1. The predicted octanol–water partition coefficient (Wildman–Crippen LogP) is 2.70. The lowest BCUT2D eigenvalue weighted by molar-refractivity contribution is 0.0909. The minimum absolute atomic E-state index is 0.0245. The van der Waals surface area contributed by atoms with Crippen LogP contribution in [0.5, 0.6) is 5.75 Å². The van der Waals surface area contributed by atoms with Gasteiger partial charge in [0.05, 0.1) is 0 Å². The van der Waals surface area contributed by atoms with E-state index in [9.17, 15) is 4.79 Å². The highest BCUT2D eigenvalue weighted by Gasteiger charge is 2.33. The summed E-state index contributed by atoms with van der Waals surface area (Å²) in [5.41, 5.74) is 3.13. The highest BCUT2D eigenvalue weighted by Crippen LogP contribution is 2.32. The number of hydrogen-bond acceptors (Lipinski definition) is 3. The lowest BCUT2D eigenvalue weighted by Crippen LogP contribution is -2.47. The van der Waals surface area contributed by atoms with Crippen molar-refractivity contribution in [3.05, 3.63) is 35.4 Å². The number of carbonyl (C=O) groups excluding carboxylic acids is 1. The number of hydrogen-bond donors (Lipinski definition) is 1. The zero-order valence-corrected chi connectivity index (χ0v) is 13.7. The standard InChI is InChI=1S/C19H24N2O2/c1-2-14-6-8-23-18-10-15(3-4-17(14)18)19(22)20-16-9-13-5-7-21(11-13)12-16/h3-4,6,10,13,16H,2,5,7-9,11-12H2,1H3,(H,20,22)/t13-,16-/m0/s1. The van der Waals surface area contributed by atoms with E-state index in [4.69, 9.17) is 4.74 Å². The van der Waals surface area contributed by atoms with E-state index in [0.29, 0.717) is 12.2 Å². The summed E-state index contributed by atoms with van der Waals surface area (Å²) in [5.74, 6) is 1.62. The molecule has 1 unspecified atom stereocenters. The van der Waals surface area contributed by atoms with Crippen LogP contribution in [-0.4, -0.2) is 43.1 Å². The van der Waals surface area contributed by atoms with Crippen molar-refractivity contribution in [2.24, 2.45) is 5.92 Å². The van der Waals surface area contributed by atoms with Crippen LogP contribution in [-0.2, 0) is 0 Å². The number of amides is 1. The summed E-state index contributed by atoms with van der Waals surface area (Å²) in [7, 11) is 0. The molecule has 0 spiro atoms. The molecule has 3 heterocycles. The Morgan fingerprint density at radius 1 is 1.39 bits per heavy atom. The van der Waals surface area contributed by atoms with Crippen molar-refractivity contribution in [3.8, 4) is 5.75 Å². The predicted molar refractivity (Wildman–Crippen MR) is 90.6 cm³/mol. The van der Waals surface area contributed by atoms with Crippen LogP contribution in [0.4, 0.5) is 0 Å². The Bertz CT molecular complexity index is 641. The van der Waals surface area contributed by atoms with Gasteiger partial charge in [0.15, 0.2) is 0 Å². The number of rotatable bonds is 3. The molecule has 23 heavy (non-hydrogen) atoms. The molecule has 3 aliphatic rings. The van der Waals surface area contributed by atoms with Gasteiger partial charge in [0.2, 0.25) is 0 Å². The molecule has 0 aromatic heterocycles. The number of allylic oxidation sites excluding steroid dienone is 1. The van der Waals surface area contributed by atoms with Crippen LogP contribution in [0.1, 0.15) is 42.1 Å². The molecule has 3 atom stereocenters. The largest absolute Gasteiger partial charge is 0.489 e. The molecule has 2 fully saturated rings. The SMILES string of the molecule is CCC1=CCOc2cc(C(=O)N[C@H]3C[C@@H]4CCN(C4)C3)ccc21. The van der Waals surface area contributed by atoms with Crippen LogP contribution in [0.2, 0.25) is 0 Å². The Balaban J connectivity index is 1.48. The molecule has 3 aliphatic heterocycles. The van der Waals surface area contributed by atoms with Gasteiger partial charge in [-0.2, -0.15) is 0 Å². The van der Waals surface area contributed by atoms with Gasteiger partial charge in [-0.25, -0.2) is 0 Å². The average molecular weight is 312 g/mol. The number of benzene rings is 1. The fourth-order valence-corrected chi connectivity index (χ4v) is 4.16. The van der Waals surface area contributed by atoms with Crippen LogP contribution >= 0.6 is 0 Å². The molecule has 1 amide bonds. The van der Waals surface area contributed by atoms with Crippen molar-refractivity contribution in [2.45, 2.75) is 32.2 Å². The Hall–Kier alpha value is -1.81. The second kappa shape index (κ2) is 6.00. The van der Waals surface area contributed by atoms with Crippen molar-refractivity contribution in [1.82, 2.24) is 10.2 Å². The van der Waals surface area contributed by atoms with E-state index in [1.165, 1.54) is 25.1 Å². The molecule has 1 aromatic rings. The Kier molecular flexibility index (Phi) is 3.85. The summed E-state index contributed by atoms with van der Waals surface area (Å²) in [4.78, 5) is 15.0. The third-order valence-corrected chi connectivity index (χ3v) is 5.34. The number of carbonyl (C=O) groups is 1. The molecule has 0 saturated carbocycles. The summed E-state index contributed by atoms with van der Waals surface area (Å²) in [6, 6.07) is 6.12. The van der Waals surface area contributed by atoms with Gasteiger partial charge in [-0.15, -0.1) is 0 Å². The van der Waals surface area contributed by atoms with Gasteiger partial charge >= 0.3 is 0 Å². The van der Waals surface area contributed by atoms with Crippen molar-refractivity contribution < 1.29 is 9.53 Å². The Morgan fingerprint density at radius 3 is 3.13 bits per heavy atom. The first-order chi connectivity index (χ1) is 11.2. The highest BCUT2D eigenvalue weighted by atomic mass is 16.5. The van der Waals surface area contributed by atoms with Gasteiger partial charge in [0.25, 0.3) is 5.91 Å². The number of fused-ring (bicyclic) bond motifs is 3. The third kappa shape index (κ3) is 2.88. The van der Waals surface area contributed by atoms with E-state index in [1.54, 1.807) is 0 Å². The first kappa shape index (κ1) is 14.8. The Morgan fingerprint density at radius 2 is 2.30 bits per heavy atom. The summed E-state index contributed by atoms with van der Waals surface area (Å²) in [5, 5.41) is 3.22. The van der Waals surface area contributed by atoms with Crippen molar-refractivity contribution in [1.29, 1.82) is 0 Å². The van der Waals surface area contributed by atoms with Crippen LogP contribution in [0.15, 0.2) is 24.3 Å². The van der Waals surface area contributed by atoms with Gasteiger partial charge in [0, 0.05) is 30.3 Å². The third-order valence-electron chi connectivity index (χ3n) is 5.34. The van der Waals surface area contributed by atoms with Gasteiger partial charge in [-0.1, -0.05) is 13.0 Å². The quantitative estimate of drug-likeness (QED) is 0.933. The smallest absolute Gasteiger partial charge is 0.251 e. The van der Waals surface area contributed by atoms with E-state index < -0.39 is 0 Å². The maximum absolute atomic E-state index is 12.6. The normalized spacial score (nSPS) is 28.6. The van der Waals surface area contributed by atoms with E-state index in [1.807, 2.05) is 18.2 Å². The van der Waals surface area contributed by atoms with Crippen LogP contribution < -0.4 is 10.1 Å². The zero-order chi connectivity index (χ0) is 15.8. The fraction of sp³-hybridized carbons (Fsp3) is 0.526. The molecule has 1 aromatic carbocycles. The average Bonchev–Trinajstić information content (AvgIpc) is 2.92. The Labute approximate surface area is 137 Å². The summed E-state index contributed by atoms with van der Waals surface area (Å²) in [6.07, 6.45) is 5.51. The minimum Gasteiger partial charge on any atom is -0.489 e. The maximum atomic E-state index is 12.6. The minimum atomic E-state index is 0.0245. The molecule has 0 radical (unpaired) electrons. The number of ether oxygens (including phenoxy) is 1. The second-order valence-corrected chi connectivity index (χ2v) is 6.93. The molecule has 0 aliphatic carbocycles. The number of nitrogens with one attached hydrogen (secondary N) is 1. The monoisotopic (exact) mass is 312 g/mol. The topological polar surface area (TPSA) is 41.6 Å². The van der Waals surface area contributed by atoms with Gasteiger partial charge in [0.1, 0.15) is 12.4 Å². The summed E-state index contributed by atoms with van der Waals surface area (Å²) < 4.78 is 5.72. The van der Waals surface area contributed by atoms with Gasteiger partial charge in [-0.05, 0) is 55.5 Å². The first-order valence-electron chi connectivity index (χ1n) is 8.72. The number of piperidine rings is 1. The van der Waals surface area contributed by atoms with E-state index >= 15 is 0 Å². The fourth-order valence-electron chi connectivity index (χ4n) is 4.16. The van der Waals surface area contributed by atoms with Crippen LogP contribution in [0.25, 0.3) is 5.57 Å². The van der Waals surface area contributed by atoms with Gasteiger partial charge in [-0.3, -0.25) is 4.79 Å². The molecule has 122 valence electrons. The van der Waals surface area contributed by atoms with Crippen molar-refractivity contribution >= 4 is 11.5 Å². The molecule has 4 heteroatoms. The van der Waals surface area contributed by atoms with E-state index in [0.717, 1.165) is 36.6 Å². The maximum Gasteiger partial charge on any atom is 0.251 e. The van der Waals surface area contributed by atoms with Crippen LogP contribution in [0, 0.1) is 5.92 Å². The lowest BCUT2D eigenvalue weighted by atomic mass is 9.96. The van der Waals surface area contributed by atoms with Crippen LogP contribution in [0.3, 0.4) is 0 Å². The van der Waals surface area contributed by atoms with E-state index in [2.05, 4.69) is 23.2 Å². The molecule has 4 rings (SSSR count). The molecular formula is C19H24N2O2. The zero-order valence-electron chi connectivity index (χ0n) is 13.7. The highest BCUT2D eigenvalue weighted by molar-refractivity contribution is 5.95. The molecule has 2 saturated heterocycles.